The van der Waals surface area contributed by atoms with E-state index in [1.54, 1.807) is 11.4 Å². The van der Waals surface area contributed by atoms with Crippen molar-refractivity contribution >= 4 is 33.2 Å². The molecule has 1 N–H and O–H groups in total. The maximum Gasteiger partial charge on any atom is 0.405 e. The highest BCUT2D eigenvalue weighted by Gasteiger charge is 2.32. The average molecular weight is 437 g/mol. The zero-order valence-electron chi connectivity index (χ0n) is 14.5. The zero-order chi connectivity index (χ0) is 20.9. The number of ether oxygens (including phenoxy) is 1. The number of benzene rings is 2. The minimum Gasteiger partial charge on any atom is -0.495 e. The van der Waals surface area contributed by atoms with Gasteiger partial charge in [0, 0.05) is 5.02 Å². The number of halogens is 4. The lowest BCUT2D eigenvalue weighted by atomic mass is 10.3. The first-order valence-electron chi connectivity index (χ1n) is 7.79. The van der Waals surface area contributed by atoms with Crippen LogP contribution in [0.15, 0.2) is 53.4 Å². The first-order valence-corrected chi connectivity index (χ1v) is 9.61. The van der Waals surface area contributed by atoms with Crippen molar-refractivity contribution in [3.63, 3.8) is 0 Å². The zero-order valence-corrected chi connectivity index (χ0v) is 16.1. The lowest BCUT2D eigenvalue weighted by Gasteiger charge is -2.25. The number of carbonyl (C=O) groups is 1. The molecule has 0 heterocycles. The second-order valence-electron chi connectivity index (χ2n) is 5.53. The van der Waals surface area contributed by atoms with Crippen LogP contribution in [0.1, 0.15) is 0 Å². The van der Waals surface area contributed by atoms with E-state index in [0.717, 1.165) is 0 Å². The molecule has 2 aromatic carbocycles. The smallest absolute Gasteiger partial charge is 0.405 e. The topological polar surface area (TPSA) is 75.7 Å². The number of hydrogen-bond acceptors (Lipinski definition) is 4. The van der Waals surface area contributed by atoms with Crippen LogP contribution in [0.25, 0.3) is 0 Å². The van der Waals surface area contributed by atoms with Gasteiger partial charge in [0.15, 0.2) is 0 Å². The number of hydrogen-bond donors (Lipinski definition) is 1. The first kappa shape index (κ1) is 21.8. The van der Waals surface area contributed by atoms with Crippen molar-refractivity contribution in [3.8, 4) is 5.75 Å². The fourth-order valence-electron chi connectivity index (χ4n) is 2.28. The molecule has 0 saturated heterocycles. The molecule has 1 amide bonds. The predicted molar refractivity (Wildman–Crippen MR) is 98.0 cm³/mol. The number of amides is 1. The Bertz CT molecular complexity index is 951. The van der Waals surface area contributed by atoms with Gasteiger partial charge in [0.1, 0.15) is 18.8 Å². The lowest BCUT2D eigenvalue weighted by Crippen LogP contribution is -2.43. The molecule has 6 nitrogen and oxygen atoms in total. The summed E-state index contributed by atoms with van der Waals surface area (Å²) in [6, 6.07) is 11.2. The number of anilines is 1. The molecule has 0 aliphatic carbocycles. The van der Waals surface area contributed by atoms with Gasteiger partial charge in [-0.1, -0.05) is 29.8 Å². The Morgan fingerprint density at radius 2 is 1.86 bits per heavy atom. The van der Waals surface area contributed by atoms with E-state index in [1.807, 2.05) is 0 Å². The summed E-state index contributed by atoms with van der Waals surface area (Å²) in [5.74, 6) is -1.01. The highest BCUT2D eigenvalue weighted by Crippen LogP contribution is 2.32. The molecule has 152 valence electrons. The number of rotatable bonds is 7. The van der Waals surface area contributed by atoms with Crippen LogP contribution in [-0.4, -0.2) is 40.7 Å². The van der Waals surface area contributed by atoms with Crippen LogP contribution in [-0.2, 0) is 14.8 Å². The Labute approximate surface area is 164 Å². The molecule has 0 aromatic heterocycles. The molecule has 0 aliphatic heterocycles. The highest BCUT2D eigenvalue weighted by atomic mass is 35.5. The maximum atomic E-state index is 13.1. The molecule has 0 aliphatic rings. The van der Waals surface area contributed by atoms with Gasteiger partial charge in [-0.15, -0.1) is 0 Å². The van der Waals surface area contributed by atoms with E-state index in [2.05, 4.69) is 0 Å². The van der Waals surface area contributed by atoms with Gasteiger partial charge >= 0.3 is 6.18 Å². The average Bonchev–Trinajstić information content (AvgIpc) is 2.63. The lowest BCUT2D eigenvalue weighted by molar-refractivity contribution is -0.137. The van der Waals surface area contributed by atoms with Gasteiger partial charge in [0.25, 0.3) is 10.0 Å². The van der Waals surface area contributed by atoms with Gasteiger partial charge in [0.05, 0.1) is 17.7 Å². The van der Waals surface area contributed by atoms with Crippen LogP contribution in [0, 0.1) is 0 Å². The van der Waals surface area contributed by atoms with Gasteiger partial charge in [-0.2, -0.15) is 13.2 Å². The summed E-state index contributed by atoms with van der Waals surface area (Å²) >= 11 is 5.85. The van der Waals surface area contributed by atoms with Crippen LogP contribution >= 0.6 is 11.6 Å². The summed E-state index contributed by atoms with van der Waals surface area (Å²) in [6.45, 7) is -2.46. The Kier molecular flexibility index (Phi) is 6.78. The molecule has 0 spiro atoms. The minimum atomic E-state index is -4.63. The summed E-state index contributed by atoms with van der Waals surface area (Å²) in [4.78, 5) is 11.8. The van der Waals surface area contributed by atoms with Crippen molar-refractivity contribution in [2.45, 2.75) is 11.1 Å². The molecule has 0 atom stereocenters. The van der Waals surface area contributed by atoms with Crippen LogP contribution < -0.4 is 14.4 Å². The van der Waals surface area contributed by atoms with E-state index < -0.39 is 35.2 Å². The van der Waals surface area contributed by atoms with Gasteiger partial charge in [-0.3, -0.25) is 9.10 Å². The van der Waals surface area contributed by atoms with Crippen molar-refractivity contribution in [2.24, 2.45) is 0 Å². The predicted octanol–water partition coefficient (Wildman–Crippen LogP) is 3.22. The monoisotopic (exact) mass is 436 g/mol. The molecule has 0 bridgehead atoms. The molecule has 0 fully saturated rings. The fourth-order valence-corrected chi connectivity index (χ4v) is 4.01. The van der Waals surface area contributed by atoms with E-state index in [1.165, 1.54) is 49.6 Å². The third-order valence-electron chi connectivity index (χ3n) is 3.51. The largest absolute Gasteiger partial charge is 0.495 e. The molecular weight excluding hydrogens is 421 g/mol. The van der Waals surface area contributed by atoms with Gasteiger partial charge in [-0.25, -0.2) is 8.42 Å². The molecule has 28 heavy (non-hydrogen) atoms. The Morgan fingerprint density at radius 3 is 2.46 bits per heavy atom. The van der Waals surface area contributed by atoms with Gasteiger partial charge in [-0.05, 0) is 30.3 Å². The Hall–Kier alpha value is -2.46. The normalized spacial score (nSPS) is 11.8. The van der Waals surface area contributed by atoms with Crippen LogP contribution in [0.3, 0.4) is 0 Å². The van der Waals surface area contributed by atoms with Crippen LogP contribution in [0.5, 0.6) is 5.75 Å². The number of sulfonamides is 1. The summed E-state index contributed by atoms with van der Waals surface area (Å²) in [7, 11) is -3.03. The third-order valence-corrected chi connectivity index (χ3v) is 5.50. The number of para-hydroxylation sites is 2. The fraction of sp³-hybridized carbons (Fsp3) is 0.235. The molecule has 2 rings (SSSR count). The van der Waals surface area contributed by atoms with Gasteiger partial charge < -0.3 is 10.1 Å². The summed E-state index contributed by atoms with van der Waals surface area (Å²) in [5.41, 5.74) is -0.00728. The van der Waals surface area contributed by atoms with E-state index in [4.69, 9.17) is 16.3 Å². The van der Waals surface area contributed by atoms with Crippen LogP contribution in [0.4, 0.5) is 18.9 Å². The number of methoxy groups -OCH3 is 1. The first-order chi connectivity index (χ1) is 13.0. The minimum absolute atomic E-state index is 0.00728. The molecule has 0 radical (unpaired) electrons. The van der Waals surface area contributed by atoms with E-state index in [-0.39, 0.29) is 21.4 Å². The molecule has 2 aromatic rings. The second kappa shape index (κ2) is 8.70. The Balaban J connectivity index is 2.46. The molecule has 0 unspecified atom stereocenters. The Morgan fingerprint density at radius 1 is 1.18 bits per heavy atom. The van der Waals surface area contributed by atoms with Gasteiger partial charge in [0.2, 0.25) is 5.91 Å². The SMILES string of the molecule is COc1ccccc1N(CC(=O)NCC(F)(F)F)S(=O)(=O)c1cccc(Cl)c1. The van der Waals surface area contributed by atoms with E-state index >= 15 is 0 Å². The molecule has 11 heteroatoms. The third kappa shape index (κ3) is 5.52. The van der Waals surface area contributed by atoms with Crippen molar-refractivity contribution in [3.05, 3.63) is 53.6 Å². The van der Waals surface area contributed by atoms with E-state index in [0.29, 0.717) is 4.31 Å². The van der Waals surface area contributed by atoms with Crippen molar-refractivity contribution in [1.29, 1.82) is 0 Å². The number of alkyl halides is 3. The number of carbonyl (C=O) groups excluding carboxylic acids is 1. The summed E-state index contributed by atoms with van der Waals surface area (Å²) < 4.78 is 69.1. The standard InChI is InChI=1S/C17H16ClF3N2O4S/c1-27-15-8-3-2-7-14(15)23(10-16(24)22-11-17(19,20)21)28(25,26)13-6-4-5-12(18)9-13/h2-9H,10-11H2,1H3,(H,22,24). The maximum absolute atomic E-state index is 13.1. The summed E-state index contributed by atoms with van der Waals surface area (Å²) in [5, 5.41) is 1.80. The number of nitrogens with zero attached hydrogens (tertiary/aromatic N) is 1. The molecule has 0 saturated carbocycles. The number of nitrogens with one attached hydrogen (secondary N) is 1. The quantitative estimate of drug-likeness (QED) is 0.723. The second-order valence-corrected chi connectivity index (χ2v) is 7.83. The van der Waals surface area contributed by atoms with E-state index in [9.17, 15) is 26.4 Å². The molecular formula is C17H16ClF3N2O4S. The van der Waals surface area contributed by atoms with Crippen molar-refractivity contribution in [2.75, 3.05) is 24.5 Å². The van der Waals surface area contributed by atoms with Crippen molar-refractivity contribution in [1.82, 2.24) is 5.32 Å². The highest BCUT2D eigenvalue weighted by molar-refractivity contribution is 7.92. The van der Waals surface area contributed by atoms with Crippen LogP contribution in [0.2, 0.25) is 5.02 Å². The van der Waals surface area contributed by atoms with Crippen molar-refractivity contribution < 1.29 is 31.1 Å². The summed E-state index contributed by atoms with van der Waals surface area (Å²) in [6.07, 6.45) is -4.63.